The van der Waals surface area contributed by atoms with E-state index in [2.05, 4.69) is 4.74 Å². The van der Waals surface area contributed by atoms with Crippen molar-refractivity contribution >= 4 is 10.8 Å². The number of ether oxygens (including phenoxy) is 2. The molecule has 0 spiro atoms. The van der Waals surface area contributed by atoms with E-state index in [1.165, 1.54) is 24.3 Å². The summed E-state index contributed by atoms with van der Waals surface area (Å²) in [5.74, 6) is 0.344. The lowest BCUT2D eigenvalue weighted by atomic mass is 9.92. The summed E-state index contributed by atoms with van der Waals surface area (Å²) in [4.78, 5) is 0. The first kappa shape index (κ1) is 19.0. The Morgan fingerprint density at radius 3 is 2.22 bits per heavy atom. The smallest absolute Gasteiger partial charge is 0.457 e. The number of fused-ring (bicyclic) bond motifs is 1. The van der Waals surface area contributed by atoms with E-state index in [1.54, 1.807) is 19.1 Å². The Hall–Kier alpha value is -2.77. The average molecular weight is 377 g/mol. The van der Waals surface area contributed by atoms with Crippen LogP contribution in [0.2, 0.25) is 0 Å². The Morgan fingerprint density at radius 2 is 1.52 bits per heavy atom. The Balaban J connectivity index is 1.84. The summed E-state index contributed by atoms with van der Waals surface area (Å²) in [5.41, 5.74) is 6.00. The molecular weight excluding hydrogens is 359 g/mol. The third-order valence-corrected chi connectivity index (χ3v) is 4.07. The zero-order valence-corrected chi connectivity index (χ0v) is 14.5. The summed E-state index contributed by atoms with van der Waals surface area (Å²) < 4.78 is 46.5. The standard InChI is InChI=1S/C20H18F3NO3/c1-19(24,12-25)15-7-5-14-10-17(8-6-13(14)9-15)26-16-3-2-4-18(11-16)27-20(21,22)23/h2-11,25H,12,24H2,1H3/t19-/m0/s1. The second kappa shape index (κ2) is 7.09. The SMILES string of the molecule is C[C@](N)(CO)c1ccc2cc(Oc3cccc(OC(F)(F)F)c3)ccc2c1. The molecule has 0 aromatic heterocycles. The van der Waals surface area contributed by atoms with E-state index in [0.717, 1.165) is 16.3 Å². The van der Waals surface area contributed by atoms with Crippen LogP contribution < -0.4 is 15.2 Å². The lowest BCUT2D eigenvalue weighted by molar-refractivity contribution is -0.274. The zero-order chi connectivity index (χ0) is 19.7. The molecule has 0 aliphatic carbocycles. The molecule has 0 radical (unpaired) electrons. The highest BCUT2D eigenvalue weighted by molar-refractivity contribution is 5.84. The van der Waals surface area contributed by atoms with Gasteiger partial charge in [-0.1, -0.05) is 24.3 Å². The highest BCUT2D eigenvalue weighted by Gasteiger charge is 2.31. The van der Waals surface area contributed by atoms with Crippen molar-refractivity contribution in [1.29, 1.82) is 0 Å². The lowest BCUT2D eigenvalue weighted by Crippen LogP contribution is -2.36. The van der Waals surface area contributed by atoms with Crippen LogP contribution in [0.3, 0.4) is 0 Å². The van der Waals surface area contributed by atoms with Crippen LogP contribution in [-0.2, 0) is 5.54 Å². The number of aliphatic hydroxyl groups is 1. The fourth-order valence-electron chi connectivity index (χ4n) is 2.60. The monoisotopic (exact) mass is 377 g/mol. The van der Waals surface area contributed by atoms with Crippen molar-refractivity contribution in [3.8, 4) is 17.2 Å². The van der Waals surface area contributed by atoms with Crippen LogP contribution in [0, 0.1) is 0 Å². The maximum atomic E-state index is 12.3. The summed E-state index contributed by atoms with van der Waals surface area (Å²) >= 11 is 0. The van der Waals surface area contributed by atoms with Crippen molar-refractivity contribution in [3.63, 3.8) is 0 Å². The molecule has 1 atom stereocenters. The number of hydrogen-bond donors (Lipinski definition) is 2. The fraction of sp³-hybridized carbons (Fsp3) is 0.200. The Bertz CT molecular complexity index is 955. The Kier molecular flexibility index (Phi) is 4.99. The van der Waals surface area contributed by atoms with Gasteiger partial charge in [-0.3, -0.25) is 0 Å². The predicted octanol–water partition coefficient (Wildman–Crippen LogP) is 4.70. The molecule has 27 heavy (non-hydrogen) atoms. The quantitative estimate of drug-likeness (QED) is 0.677. The third-order valence-electron chi connectivity index (χ3n) is 4.07. The van der Waals surface area contributed by atoms with E-state index in [1.807, 2.05) is 24.3 Å². The molecule has 3 aromatic carbocycles. The van der Waals surface area contributed by atoms with E-state index in [-0.39, 0.29) is 18.1 Å². The third kappa shape index (κ3) is 4.69. The number of alkyl halides is 3. The minimum Gasteiger partial charge on any atom is -0.457 e. The fourth-order valence-corrected chi connectivity index (χ4v) is 2.60. The molecule has 3 N–H and O–H groups in total. The number of hydrogen-bond acceptors (Lipinski definition) is 4. The molecule has 3 aromatic rings. The summed E-state index contributed by atoms with van der Waals surface area (Å²) in [6.07, 6.45) is -4.76. The van der Waals surface area contributed by atoms with Gasteiger partial charge >= 0.3 is 6.36 Å². The van der Waals surface area contributed by atoms with Gasteiger partial charge in [0, 0.05) is 6.07 Å². The van der Waals surface area contributed by atoms with E-state index >= 15 is 0 Å². The highest BCUT2D eigenvalue weighted by Crippen LogP contribution is 2.31. The maximum Gasteiger partial charge on any atom is 0.573 e. The second-order valence-electron chi connectivity index (χ2n) is 6.42. The van der Waals surface area contributed by atoms with E-state index in [4.69, 9.17) is 10.5 Å². The second-order valence-corrected chi connectivity index (χ2v) is 6.42. The average Bonchev–Trinajstić information content (AvgIpc) is 2.60. The lowest BCUT2D eigenvalue weighted by Gasteiger charge is -2.22. The molecule has 3 rings (SSSR count). The summed E-state index contributed by atoms with van der Waals surface area (Å²) in [5, 5.41) is 11.2. The molecule has 0 amide bonds. The van der Waals surface area contributed by atoms with Gasteiger partial charge in [-0.05, 0) is 53.6 Å². The van der Waals surface area contributed by atoms with Crippen LogP contribution in [0.15, 0.2) is 60.7 Å². The summed E-state index contributed by atoms with van der Waals surface area (Å²) in [6.45, 7) is 1.55. The van der Waals surface area contributed by atoms with E-state index in [0.29, 0.717) is 5.75 Å². The van der Waals surface area contributed by atoms with Crippen molar-refractivity contribution in [2.45, 2.75) is 18.8 Å². The first-order valence-corrected chi connectivity index (χ1v) is 8.14. The summed E-state index contributed by atoms with van der Waals surface area (Å²) in [7, 11) is 0. The molecule has 0 aliphatic rings. The molecule has 0 heterocycles. The van der Waals surface area contributed by atoms with Crippen LogP contribution in [0.5, 0.6) is 17.2 Å². The van der Waals surface area contributed by atoms with Crippen LogP contribution in [0.25, 0.3) is 10.8 Å². The van der Waals surface area contributed by atoms with E-state index in [9.17, 15) is 18.3 Å². The van der Waals surface area contributed by atoms with Gasteiger partial charge in [-0.2, -0.15) is 0 Å². The van der Waals surface area contributed by atoms with Crippen molar-refractivity contribution in [3.05, 3.63) is 66.2 Å². The minimum absolute atomic E-state index is 0.184. The molecule has 7 heteroatoms. The molecule has 0 aliphatic heterocycles. The molecular formula is C20H18F3NO3. The number of rotatable bonds is 5. The van der Waals surface area contributed by atoms with Crippen LogP contribution >= 0.6 is 0 Å². The topological polar surface area (TPSA) is 64.7 Å². The molecule has 0 unspecified atom stereocenters. The van der Waals surface area contributed by atoms with Crippen LogP contribution in [0.1, 0.15) is 12.5 Å². The van der Waals surface area contributed by atoms with Gasteiger partial charge in [0.2, 0.25) is 0 Å². The number of halogens is 3. The van der Waals surface area contributed by atoms with Gasteiger partial charge in [0.25, 0.3) is 0 Å². The van der Waals surface area contributed by atoms with Gasteiger partial charge in [0.15, 0.2) is 0 Å². The minimum atomic E-state index is -4.76. The molecule has 142 valence electrons. The first-order valence-electron chi connectivity index (χ1n) is 8.14. The first-order chi connectivity index (χ1) is 12.7. The number of aliphatic hydroxyl groups excluding tert-OH is 1. The van der Waals surface area contributed by atoms with Gasteiger partial charge in [0.05, 0.1) is 12.1 Å². The van der Waals surface area contributed by atoms with Crippen molar-refractivity contribution < 1.29 is 27.8 Å². The van der Waals surface area contributed by atoms with Crippen LogP contribution in [-0.4, -0.2) is 18.1 Å². The predicted molar refractivity (Wildman–Crippen MR) is 95.8 cm³/mol. The van der Waals surface area contributed by atoms with Gasteiger partial charge in [-0.15, -0.1) is 13.2 Å². The normalized spacial score (nSPS) is 14.0. The molecule has 4 nitrogen and oxygen atoms in total. The molecule has 0 saturated heterocycles. The summed E-state index contributed by atoms with van der Waals surface area (Å²) in [6, 6.07) is 16.2. The van der Waals surface area contributed by atoms with Crippen molar-refractivity contribution in [2.24, 2.45) is 5.73 Å². The van der Waals surface area contributed by atoms with Crippen LogP contribution in [0.4, 0.5) is 13.2 Å². The number of nitrogens with two attached hydrogens (primary N) is 1. The van der Waals surface area contributed by atoms with Gasteiger partial charge < -0.3 is 20.3 Å². The van der Waals surface area contributed by atoms with Gasteiger partial charge in [-0.25, -0.2) is 0 Å². The zero-order valence-electron chi connectivity index (χ0n) is 14.5. The molecule has 0 saturated carbocycles. The molecule has 0 fully saturated rings. The van der Waals surface area contributed by atoms with Gasteiger partial charge in [0.1, 0.15) is 17.2 Å². The van der Waals surface area contributed by atoms with Crippen molar-refractivity contribution in [1.82, 2.24) is 0 Å². The van der Waals surface area contributed by atoms with E-state index < -0.39 is 11.9 Å². The Morgan fingerprint density at radius 1 is 0.889 bits per heavy atom. The number of benzene rings is 3. The maximum absolute atomic E-state index is 12.3. The Labute approximate surface area is 153 Å². The largest absolute Gasteiger partial charge is 0.573 e. The van der Waals surface area contributed by atoms with Crippen molar-refractivity contribution in [2.75, 3.05) is 6.61 Å². The molecule has 0 bridgehead atoms. The highest BCUT2D eigenvalue weighted by atomic mass is 19.4.